The first-order chi connectivity index (χ1) is 13.3. The third-order valence-electron chi connectivity index (χ3n) is 4.64. The lowest BCUT2D eigenvalue weighted by molar-refractivity contribution is -0.137. The van der Waals surface area contributed by atoms with E-state index in [4.69, 9.17) is 0 Å². The number of carbonyl (C=O) groups is 1. The Bertz CT molecular complexity index is 832. The molecule has 0 aromatic heterocycles. The monoisotopic (exact) mass is 395 g/mol. The molecule has 28 heavy (non-hydrogen) atoms. The summed E-state index contributed by atoms with van der Waals surface area (Å²) in [5.41, 5.74) is 0.475. The maximum atomic E-state index is 13.6. The van der Waals surface area contributed by atoms with Crippen LogP contribution in [0.15, 0.2) is 42.5 Å². The molecule has 0 spiro atoms. The van der Waals surface area contributed by atoms with Crippen molar-refractivity contribution in [2.24, 2.45) is 0 Å². The zero-order valence-corrected chi connectivity index (χ0v) is 15.2. The van der Waals surface area contributed by atoms with Gasteiger partial charge in [-0.1, -0.05) is 18.2 Å². The molecule has 0 radical (unpaired) electrons. The summed E-state index contributed by atoms with van der Waals surface area (Å²) in [7, 11) is 0. The summed E-state index contributed by atoms with van der Waals surface area (Å²) in [6, 6.07) is 9.58. The average Bonchev–Trinajstić information content (AvgIpc) is 3.19. The molecular weight excluding hydrogens is 374 g/mol. The molecule has 1 amide bonds. The largest absolute Gasteiger partial charge is 0.416 e. The number of amides is 1. The fourth-order valence-electron chi connectivity index (χ4n) is 3.16. The molecule has 0 atom stereocenters. The number of alkyl halides is 3. The lowest BCUT2D eigenvalue weighted by atomic mass is 10.1. The second-order valence-corrected chi connectivity index (χ2v) is 6.65. The first-order valence-electron chi connectivity index (χ1n) is 9.05. The topological polar surface area (TPSA) is 44.4 Å². The highest BCUT2D eigenvalue weighted by molar-refractivity contribution is 5.83. The summed E-state index contributed by atoms with van der Waals surface area (Å²) < 4.78 is 52.8. The molecule has 1 fully saturated rings. The van der Waals surface area contributed by atoms with Gasteiger partial charge in [-0.05, 0) is 37.1 Å². The molecule has 3 rings (SSSR count). The highest BCUT2D eigenvalue weighted by Crippen LogP contribution is 2.36. The molecule has 4 nitrogen and oxygen atoms in total. The lowest BCUT2D eigenvalue weighted by Crippen LogP contribution is -2.30. The van der Waals surface area contributed by atoms with Gasteiger partial charge in [-0.25, -0.2) is 4.39 Å². The van der Waals surface area contributed by atoms with E-state index in [1.165, 1.54) is 12.1 Å². The molecule has 2 N–H and O–H groups in total. The first kappa shape index (κ1) is 20.0. The summed E-state index contributed by atoms with van der Waals surface area (Å²) in [6.07, 6.45) is -2.51. The summed E-state index contributed by atoms with van der Waals surface area (Å²) in [5, 5.41) is 5.37. The van der Waals surface area contributed by atoms with E-state index in [0.717, 1.165) is 38.1 Å². The van der Waals surface area contributed by atoms with Gasteiger partial charge >= 0.3 is 6.18 Å². The van der Waals surface area contributed by atoms with Crippen LogP contribution in [0, 0.1) is 5.82 Å². The van der Waals surface area contributed by atoms with Crippen LogP contribution in [0.25, 0.3) is 0 Å². The number of hydrogen-bond acceptors (Lipinski definition) is 3. The molecule has 1 heterocycles. The molecule has 2 aromatic rings. The van der Waals surface area contributed by atoms with E-state index in [1.54, 1.807) is 18.2 Å². The Morgan fingerprint density at radius 1 is 1.07 bits per heavy atom. The maximum Gasteiger partial charge on any atom is 0.416 e. The summed E-state index contributed by atoms with van der Waals surface area (Å²) in [5.74, 6) is -0.863. The van der Waals surface area contributed by atoms with Crippen molar-refractivity contribution in [3.63, 3.8) is 0 Å². The van der Waals surface area contributed by atoms with Crippen LogP contribution in [0.1, 0.15) is 24.0 Å². The molecule has 0 saturated carbocycles. The normalized spacial score (nSPS) is 14.2. The van der Waals surface area contributed by atoms with Crippen LogP contribution in [0.3, 0.4) is 0 Å². The lowest BCUT2D eigenvalue weighted by Gasteiger charge is -2.23. The van der Waals surface area contributed by atoms with Crippen LogP contribution >= 0.6 is 0 Å². The Labute approximate surface area is 160 Å². The van der Waals surface area contributed by atoms with Crippen molar-refractivity contribution in [2.45, 2.75) is 25.6 Å². The number of halogens is 4. The fraction of sp³-hybridized carbons (Fsp3) is 0.350. The smallest absolute Gasteiger partial charge is 0.374 e. The number of hydrogen-bond donors (Lipinski definition) is 2. The van der Waals surface area contributed by atoms with Crippen molar-refractivity contribution in [1.82, 2.24) is 5.32 Å². The van der Waals surface area contributed by atoms with Gasteiger partial charge < -0.3 is 15.5 Å². The van der Waals surface area contributed by atoms with Crippen LogP contribution in [0.5, 0.6) is 0 Å². The maximum absolute atomic E-state index is 13.6. The van der Waals surface area contributed by atoms with Crippen molar-refractivity contribution in [1.29, 1.82) is 0 Å². The number of nitrogens with zero attached hydrogens (tertiary/aromatic N) is 1. The molecule has 150 valence electrons. The minimum Gasteiger partial charge on any atom is -0.374 e. The van der Waals surface area contributed by atoms with Gasteiger partial charge in [-0.2, -0.15) is 13.2 Å². The van der Waals surface area contributed by atoms with Gasteiger partial charge in [0.25, 0.3) is 0 Å². The standard InChI is InChI=1S/C20H21F4N3O/c21-16-6-2-1-5-14(16)12-26-19(28)13-25-17-11-15(20(22,23)24)7-8-18(17)27-9-3-4-10-27/h1-2,5-8,11,25H,3-4,9-10,12-13H2,(H,26,28). The average molecular weight is 395 g/mol. The SMILES string of the molecule is O=C(CNc1cc(C(F)(F)F)ccc1N1CCCC1)NCc1ccccc1F. The second-order valence-electron chi connectivity index (χ2n) is 6.65. The van der Waals surface area contributed by atoms with Crippen molar-refractivity contribution >= 4 is 17.3 Å². The van der Waals surface area contributed by atoms with Crippen LogP contribution in [-0.4, -0.2) is 25.5 Å². The van der Waals surface area contributed by atoms with E-state index >= 15 is 0 Å². The molecule has 1 saturated heterocycles. The molecule has 2 aromatic carbocycles. The minimum absolute atomic E-state index is 0.00869. The molecule has 0 bridgehead atoms. The molecule has 0 unspecified atom stereocenters. The zero-order valence-electron chi connectivity index (χ0n) is 15.2. The van der Waals surface area contributed by atoms with Gasteiger partial charge in [-0.3, -0.25) is 4.79 Å². The Hall–Kier alpha value is -2.77. The van der Waals surface area contributed by atoms with E-state index in [9.17, 15) is 22.4 Å². The molecule has 1 aliphatic rings. The van der Waals surface area contributed by atoms with Crippen molar-refractivity contribution in [2.75, 3.05) is 29.9 Å². The van der Waals surface area contributed by atoms with Crippen LogP contribution in [0.2, 0.25) is 0 Å². The highest BCUT2D eigenvalue weighted by Gasteiger charge is 2.31. The Morgan fingerprint density at radius 2 is 1.79 bits per heavy atom. The predicted molar refractivity (Wildman–Crippen MR) is 99.6 cm³/mol. The number of carbonyl (C=O) groups excluding carboxylic acids is 1. The number of anilines is 2. The fourth-order valence-corrected chi connectivity index (χ4v) is 3.16. The number of rotatable bonds is 6. The molecular formula is C20H21F4N3O. The van der Waals surface area contributed by atoms with E-state index in [0.29, 0.717) is 11.3 Å². The predicted octanol–water partition coefficient (Wildman–Crippen LogP) is 4.17. The van der Waals surface area contributed by atoms with E-state index in [2.05, 4.69) is 10.6 Å². The van der Waals surface area contributed by atoms with Crippen LogP contribution in [0.4, 0.5) is 28.9 Å². The van der Waals surface area contributed by atoms with Gasteiger partial charge in [0, 0.05) is 25.2 Å². The quantitative estimate of drug-likeness (QED) is 0.722. The first-order valence-corrected chi connectivity index (χ1v) is 9.05. The number of nitrogens with one attached hydrogen (secondary N) is 2. The minimum atomic E-state index is -4.47. The third-order valence-corrected chi connectivity index (χ3v) is 4.64. The van der Waals surface area contributed by atoms with Crippen LogP contribution < -0.4 is 15.5 Å². The molecule has 0 aliphatic carbocycles. The van der Waals surface area contributed by atoms with Crippen molar-refractivity contribution < 1.29 is 22.4 Å². The third kappa shape index (κ3) is 4.94. The van der Waals surface area contributed by atoms with Crippen molar-refractivity contribution in [3.05, 3.63) is 59.4 Å². The summed E-state index contributed by atoms with van der Waals surface area (Å²) >= 11 is 0. The Balaban J connectivity index is 1.67. The van der Waals surface area contributed by atoms with E-state index in [-0.39, 0.29) is 18.8 Å². The second kappa shape index (κ2) is 8.50. The van der Waals surface area contributed by atoms with Gasteiger partial charge in [0.2, 0.25) is 5.91 Å². The Morgan fingerprint density at radius 3 is 2.46 bits per heavy atom. The van der Waals surface area contributed by atoms with Crippen molar-refractivity contribution in [3.8, 4) is 0 Å². The summed E-state index contributed by atoms with van der Waals surface area (Å²) in [6.45, 7) is 1.32. The van der Waals surface area contributed by atoms with Gasteiger partial charge in [0.15, 0.2) is 0 Å². The van der Waals surface area contributed by atoms with Crippen LogP contribution in [-0.2, 0) is 17.5 Å². The Kier molecular flexibility index (Phi) is 6.06. The van der Waals surface area contributed by atoms with Gasteiger partial charge in [0.1, 0.15) is 5.82 Å². The van der Waals surface area contributed by atoms with Gasteiger partial charge in [0.05, 0.1) is 23.5 Å². The number of benzene rings is 2. The zero-order chi connectivity index (χ0) is 20.1. The van der Waals surface area contributed by atoms with E-state index < -0.39 is 23.5 Å². The molecule has 1 aliphatic heterocycles. The summed E-state index contributed by atoms with van der Waals surface area (Å²) in [4.78, 5) is 14.1. The van der Waals surface area contributed by atoms with E-state index in [1.807, 2.05) is 4.90 Å². The van der Waals surface area contributed by atoms with Gasteiger partial charge in [-0.15, -0.1) is 0 Å². The highest BCUT2D eigenvalue weighted by atomic mass is 19.4. The molecule has 8 heteroatoms.